The number of ether oxygens (including phenoxy) is 2. The fourth-order valence-electron chi connectivity index (χ4n) is 4.12. The van der Waals surface area contributed by atoms with Gasteiger partial charge in [0.25, 0.3) is 10.0 Å². The van der Waals surface area contributed by atoms with E-state index in [0.29, 0.717) is 11.4 Å². The zero-order valence-electron chi connectivity index (χ0n) is 24.0. The number of methoxy groups -OCH3 is 2. The van der Waals surface area contributed by atoms with Gasteiger partial charge >= 0.3 is 0 Å². The Kier molecular flexibility index (Phi) is 10.4. The number of halogens is 1. The van der Waals surface area contributed by atoms with E-state index in [2.05, 4.69) is 21.2 Å². The van der Waals surface area contributed by atoms with Crippen LogP contribution in [-0.2, 0) is 26.2 Å². The molecule has 0 heterocycles. The van der Waals surface area contributed by atoms with Crippen LogP contribution in [-0.4, -0.2) is 57.5 Å². The molecule has 220 valence electrons. The third kappa shape index (κ3) is 8.23. The van der Waals surface area contributed by atoms with Crippen molar-refractivity contribution in [1.82, 2.24) is 10.2 Å². The zero-order chi connectivity index (χ0) is 30.4. The second kappa shape index (κ2) is 13.4. The number of hydrogen-bond acceptors (Lipinski definition) is 6. The molecule has 0 aliphatic heterocycles. The SMILES string of the molecule is COc1ccc(S(=O)(=O)N(CC(=O)N(Cc2cccc(Br)c2)[C@@H](C)C(=O)NC(C)(C)C)c2ccccc2)cc1OC. The number of carbonyl (C=O) groups excluding carboxylic acids is 2. The minimum atomic E-state index is -4.25. The number of para-hydroxylation sites is 1. The van der Waals surface area contributed by atoms with Crippen molar-refractivity contribution in [2.45, 2.75) is 50.7 Å². The smallest absolute Gasteiger partial charge is 0.264 e. The van der Waals surface area contributed by atoms with E-state index in [1.807, 2.05) is 45.0 Å². The summed E-state index contributed by atoms with van der Waals surface area (Å²) in [6.07, 6.45) is 0. The number of hydrogen-bond donors (Lipinski definition) is 1. The summed E-state index contributed by atoms with van der Waals surface area (Å²) in [5.74, 6) is -0.298. The van der Waals surface area contributed by atoms with Gasteiger partial charge in [0.15, 0.2) is 11.5 Å². The van der Waals surface area contributed by atoms with Crippen LogP contribution in [0.1, 0.15) is 33.3 Å². The lowest BCUT2D eigenvalue weighted by Gasteiger charge is -2.33. The van der Waals surface area contributed by atoms with E-state index >= 15 is 0 Å². The molecule has 9 nitrogen and oxygen atoms in total. The van der Waals surface area contributed by atoms with E-state index < -0.39 is 34.1 Å². The lowest BCUT2D eigenvalue weighted by atomic mass is 10.1. The molecule has 2 amide bonds. The van der Waals surface area contributed by atoms with Crippen LogP contribution < -0.4 is 19.1 Å². The Morgan fingerprint density at radius 1 is 0.927 bits per heavy atom. The molecular weight excluding hydrogens is 610 g/mol. The lowest BCUT2D eigenvalue weighted by molar-refractivity contribution is -0.140. The molecule has 3 aromatic rings. The first-order valence-electron chi connectivity index (χ1n) is 12.9. The second-order valence-corrected chi connectivity index (χ2v) is 13.2. The Bertz CT molecular complexity index is 1480. The molecule has 1 atom stereocenters. The Hall–Kier alpha value is -3.57. The molecule has 0 aromatic heterocycles. The molecule has 1 N–H and O–H groups in total. The number of carbonyl (C=O) groups is 2. The van der Waals surface area contributed by atoms with Crippen molar-refractivity contribution in [2.75, 3.05) is 25.1 Å². The number of nitrogens with one attached hydrogen (secondary N) is 1. The third-order valence-electron chi connectivity index (χ3n) is 6.17. The summed E-state index contributed by atoms with van der Waals surface area (Å²) in [7, 11) is -1.38. The van der Waals surface area contributed by atoms with E-state index in [4.69, 9.17) is 9.47 Å². The maximum atomic E-state index is 14.0. The highest BCUT2D eigenvalue weighted by Crippen LogP contribution is 2.32. The maximum Gasteiger partial charge on any atom is 0.264 e. The van der Waals surface area contributed by atoms with Crippen molar-refractivity contribution in [3.8, 4) is 11.5 Å². The van der Waals surface area contributed by atoms with Gasteiger partial charge in [-0.25, -0.2) is 8.42 Å². The molecule has 0 fully saturated rings. The fourth-order valence-corrected chi connectivity index (χ4v) is 5.99. The number of sulfonamides is 1. The van der Waals surface area contributed by atoms with Crippen molar-refractivity contribution in [1.29, 1.82) is 0 Å². The number of benzene rings is 3. The van der Waals surface area contributed by atoms with Gasteiger partial charge in [0.05, 0.1) is 24.8 Å². The van der Waals surface area contributed by atoms with Gasteiger partial charge in [-0.05, 0) is 69.7 Å². The van der Waals surface area contributed by atoms with Crippen LogP contribution in [0.2, 0.25) is 0 Å². The van der Waals surface area contributed by atoms with Gasteiger partial charge in [0, 0.05) is 22.6 Å². The van der Waals surface area contributed by atoms with E-state index in [0.717, 1.165) is 14.3 Å². The summed E-state index contributed by atoms with van der Waals surface area (Å²) in [5.41, 5.74) is 0.546. The minimum Gasteiger partial charge on any atom is -0.493 e. The molecule has 0 spiro atoms. The molecule has 0 radical (unpaired) electrons. The first-order valence-corrected chi connectivity index (χ1v) is 15.2. The topological polar surface area (TPSA) is 105 Å². The average Bonchev–Trinajstić information content (AvgIpc) is 2.93. The monoisotopic (exact) mass is 645 g/mol. The van der Waals surface area contributed by atoms with E-state index in [1.165, 1.54) is 37.3 Å². The van der Waals surface area contributed by atoms with Gasteiger partial charge in [0.1, 0.15) is 12.6 Å². The van der Waals surface area contributed by atoms with Crippen molar-refractivity contribution in [2.24, 2.45) is 0 Å². The third-order valence-corrected chi connectivity index (χ3v) is 8.44. The van der Waals surface area contributed by atoms with Crippen LogP contribution in [0, 0.1) is 0 Å². The standard InChI is InChI=1S/C30H36BrN3O6S/c1-21(29(36)32-30(2,3)4)33(19-22-11-10-12-23(31)17-22)28(35)20-34(24-13-8-7-9-14-24)41(37,38)25-15-16-26(39-5)27(18-25)40-6/h7-18,21H,19-20H2,1-6H3,(H,32,36)/t21-/m0/s1. The lowest BCUT2D eigenvalue weighted by Crippen LogP contribution is -2.54. The Morgan fingerprint density at radius 3 is 2.17 bits per heavy atom. The van der Waals surface area contributed by atoms with E-state index in [1.54, 1.807) is 37.3 Å². The van der Waals surface area contributed by atoms with Crippen LogP contribution in [0.5, 0.6) is 11.5 Å². The van der Waals surface area contributed by atoms with Gasteiger partial charge in [0.2, 0.25) is 11.8 Å². The summed E-state index contributed by atoms with van der Waals surface area (Å²) in [6.45, 7) is 6.74. The highest BCUT2D eigenvalue weighted by atomic mass is 79.9. The van der Waals surface area contributed by atoms with Gasteiger partial charge in [-0.2, -0.15) is 0 Å². The second-order valence-electron chi connectivity index (χ2n) is 10.4. The minimum absolute atomic E-state index is 0.0798. The molecule has 3 rings (SSSR count). The molecule has 0 aliphatic rings. The summed E-state index contributed by atoms with van der Waals surface area (Å²) < 4.78 is 40.5. The quantitative estimate of drug-likeness (QED) is 0.315. The summed E-state index contributed by atoms with van der Waals surface area (Å²) in [4.78, 5) is 28.5. The summed E-state index contributed by atoms with van der Waals surface area (Å²) >= 11 is 3.45. The van der Waals surface area contributed by atoms with Crippen LogP contribution >= 0.6 is 15.9 Å². The highest BCUT2D eigenvalue weighted by molar-refractivity contribution is 9.10. The van der Waals surface area contributed by atoms with Crippen molar-refractivity contribution in [3.63, 3.8) is 0 Å². The molecule has 0 saturated carbocycles. The van der Waals surface area contributed by atoms with Crippen molar-refractivity contribution < 1.29 is 27.5 Å². The van der Waals surface area contributed by atoms with Crippen molar-refractivity contribution >= 4 is 43.5 Å². The van der Waals surface area contributed by atoms with E-state index in [9.17, 15) is 18.0 Å². The van der Waals surface area contributed by atoms with Crippen LogP contribution in [0.3, 0.4) is 0 Å². The normalized spacial score (nSPS) is 12.3. The van der Waals surface area contributed by atoms with Gasteiger partial charge < -0.3 is 19.7 Å². The van der Waals surface area contributed by atoms with Crippen LogP contribution in [0.4, 0.5) is 5.69 Å². The maximum absolute atomic E-state index is 14.0. The molecule has 0 saturated heterocycles. The van der Waals surface area contributed by atoms with Gasteiger partial charge in [-0.1, -0.05) is 46.3 Å². The van der Waals surface area contributed by atoms with Gasteiger partial charge in [-0.3, -0.25) is 13.9 Å². The molecular formula is C30H36BrN3O6S. The Morgan fingerprint density at radius 2 is 1.59 bits per heavy atom. The molecule has 0 aliphatic carbocycles. The van der Waals surface area contributed by atoms with Gasteiger partial charge in [-0.15, -0.1) is 0 Å². The first kappa shape index (κ1) is 32.0. The van der Waals surface area contributed by atoms with Crippen molar-refractivity contribution in [3.05, 3.63) is 82.8 Å². The molecule has 0 bridgehead atoms. The number of amides is 2. The molecule has 0 unspecified atom stereocenters. The Balaban J connectivity index is 2.05. The highest BCUT2D eigenvalue weighted by Gasteiger charge is 2.33. The fraction of sp³-hybridized carbons (Fsp3) is 0.333. The Labute approximate surface area is 250 Å². The molecule has 3 aromatic carbocycles. The molecule has 11 heteroatoms. The molecule has 41 heavy (non-hydrogen) atoms. The largest absolute Gasteiger partial charge is 0.493 e. The number of nitrogens with zero attached hydrogens (tertiary/aromatic N) is 2. The number of rotatable bonds is 11. The number of anilines is 1. The zero-order valence-corrected chi connectivity index (χ0v) is 26.5. The summed E-state index contributed by atoms with van der Waals surface area (Å²) in [5, 5.41) is 2.92. The first-order chi connectivity index (χ1) is 19.3. The predicted molar refractivity (Wildman–Crippen MR) is 163 cm³/mol. The average molecular weight is 647 g/mol. The van der Waals surface area contributed by atoms with E-state index in [-0.39, 0.29) is 23.1 Å². The van der Waals surface area contributed by atoms with Crippen LogP contribution in [0.25, 0.3) is 0 Å². The predicted octanol–water partition coefficient (Wildman–Crippen LogP) is 4.99. The summed E-state index contributed by atoms with van der Waals surface area (Å²) in [6, 6.07) is 19.1. The van der Waals surface area contributed by atoms with Crippen LogP contribution in [0.15, 0.2) is 82.2 Å².